The summed E-state index contributed by atoms with van der Waals surface area (Å²) >= 11 is 0. The van der Waals surface area contributed by atoms with E-state index in [1.807, 2.05) is 0 Å². The monoisotopic (exact) mass is 366 g/mol. The molecule has 0 aliphatic heterocycles. The second kappa shape index (κ2) is 11.0. The Morgan fingerprint density at radius 1 is 0.818 bits per heavy atom. The Morgan fingerprint density at radius 2 is 1.00 bits per heavy atom. The molecule has 0 amide bonds. The first-order chi connectivity index (χ1) is 9.65. The van der Waals surface area contributed by atoms with Crippen molar-refractivity contribution < 1.29 is 45.7 Å². The summed E-state index contributed by atoms with van der Waals surface area (Å²) in [5.41, 5.74) is 9.53. The summed E-state index contributed by atoms with van der Waals surface area (Å²) in [6.07, 6.45) is 0. The first kappa shape index (κ1) is 25.4. The molecule has 0 aliphatic rings. The molecule has 0 aromatic rings. The SMILES string of the molecule is C=C.NC(CS(=O)(=O)O)C(=O)O.NC(CS(=O)(=O)O)C(=O)O. The number of hydrogen-bond acceptors (Lipinski definition) is 8. The predicted molar refractivity (Wildman–Crippen MR) is 75.3 cm³/mol. The smallest absolute Gasteiger partial charge is 0.321 e. The molecule has 2 unspecified atom stereocenters. The van der Waals surface area contributed by atoms with Gasteiger partial charge in [-0.2, -0.15) is 16.8 Å². The Balaban J connectivity index is -0.000000294. The van der Waals surface area contributed by atoms with E-state index in [9.17, 15) is 26.4 Å². The van der Waals surface area contributed by atoms with Gasteiger partial charge in [-0.3, -0.25) is 18.7 Å². The Morgan fingerprint density at radius 3 is 1.05 bits per heavy atom. The average Bonchev–Trinajstić information content (AvgIpc) is 2.27. The Bertz CT molecular complexity index is 505. The maximum Gasteiger partial charge on any atom is 0.321 e. The fraction of sp³-hybridized carbons (Fsp3) is 0.500. The highest BCUT2D eigenvalue weighted by molar-refractivity contribution is 7.86. The van der Waals surface area contributed by atoms with Crippen molar-refractivity contribution in [3.05, 3.63) is 13.2 Å². The lowest BCUT2D eigenvalue weighted by atomic mass is 10.4. The molecule has 0 aliphatic carbocycles. The van der Waals surface area contributed by atoms with Crippen molar-refractivity contribution >= 4 is 32.2 Å². The molecule has 132 valence electrons. The molecule has 0 fully saturated rings. The standard InChI is InChI=1S/2C3H7NO5S.C2H4/c2*4-2(3(5)6)1-10(7,8)9;1-2/h2*2H,1,4H2,(H,5,6)(H,7,8,9);1-2H2. The van der Waals surface area contributed by atoms with Crippen molar-refractivity contribution in [2.24, 2.45) is 11.5 Å². The molecular formula is C8H18N2O10S2. The number of hydrogen-bond donors (Lipinski definition) is 6. The lowest BCUT2D eigenvalue weighted by Crippen LogP contribution is -2.36. The minimum atomic E-state index is -4.27. The highest BCUT2D eigenvalue weighted by Crippen LogP contribution is 1.87. The van der Waals surface area contributed by atoms with Crippen LogP contribution in [-0.4, -0.2) is 71.7 Å². The molecule has 8 N–H and O–H groups in total. The second-order valence-electron chi connectivity index (χ2n) is 3.39. The number of nitrogens with two attached hydrogens (primary N) is 2. The van der Waals surface area contributed by atoms with Gasteiger partial charge in [0.2, 0.25) is 0 Å². The number of carboxylic acids is 2. The molecule has 0 aromatic heterocycles. The lowest BCUT2D eigenvalue weighted by Gasteiger charge is -2.01. The topological polar surface area (TPSA) is 235 Å². The van der Waals surface area contributed by atoms with Gasteiger partial charge in [-0.15, -0.1) is 13.2 Å². The summed E-state index contributed by atoms with van der Waals surface area (Å²) in [5, 5.41) is 16.1. The molecule has 0 radical (unpaired) electrons. The maximum atomic E-state index is 9.96. The molecule has 12 nitrogen and oxygen atoms in total. The quantitative estimate of drug-likeness (QED) is 0.209. The van der Waals surface area contributed by atoms with E-state index in [0.29, 0.717) is 0 Å². The molecule has 0 rings (SSSR count). The van der Waals surface area contributed by atoms with Gasteiger partial charge in [0.15, 0.2) is 0 Å². The van der Waals surface area contributed by atoms with E-state index in [0.717, 1.165) is 0 Å². The molecule has 14 heteroatoms. The summed E-state index contributed by atoms with van der Waals surface area (Å²) in [6, 6.07) is -3.12. The number of carbonyl (C=O) groups is 2. The van der Waals surface area contributed by atoms with Gasteiger partial charge >= 0.3 is 11.9 Å². The van der Waals surface area contributed by atoms with Gasteiger partial charge < -0.3 is 21.7 Å². The zero-order chi connectivity index (χ0) is 18.7. The van der Waals surface area contributed by atoms with Crippen molar-refractivity contribution in [3.8, 4) is 0 Å². The average molecular weight is 366 g/mol. The molecule has 0 saturated heterocycles. The molecule has 0 bridgehead atoms. The van der Waals surface area contributed by atoms with E-state index in [2.05, 4.69) is 13.2 Å². The van der Waals surface area contributed by atoms with Crippen LogP contribution in [0.4, 0.5) is 0 Å². The lowest BCUT2D eigenvalue weighted by molar-refractivity contribution is -0.138. The third kappa shape index (κ3) is 20.7. The molecular weight excluding hydrogens is 348 g/mol. The molecule has 22 heavy (non-hydrogen) atoms. The van der Waals surface area contributed by atoms with E-state index in [1.165, 1.54) is 0 Å². The summed E-state index contributed by atoms with van der Waals surface area (Å²) in [7, 11) is -8.55. The number of rotatable bonds is 6. The van der Waals surface area contributed by atoms with Crippen molar-refractivity contribution in [2.75, 3.05) is 11.5 Å². The van der Waals surface area contributed by atoms with Crippen LogP contribution in [0.15, 0.2) is 13.2 Å². The van der Waals surface area contributed by atoms with E-state index < -0.39 is 55.8 Å². The minimum absolute atomic E-state index is 0.956. The van der Waals surface area contributed by atoms with Crippen LogP contribution in [0.2, 0.25) is 0 Å². The Labute approximate surface area is 126 Å². The van der Waals surface area contributed by atoms with Crippen molar-refractivity contribution in [3.63, 3.8) is 0 Å². The third-order valence-corrected chi connectivity index (χ3v) is 2.98. The zero-order valence-electron chi connectivity index (χ0n) is 11.2. The Kier molecular flexibility index (Phi) is 12.7. The molecule has 0 spiro atoms. The second-order valence-corrected chi connectivity index (χ2v) is 6.38. The van der Waals surface area contributed by atoms with E-state index in [-0.39, 0.29) is 0 Å². The van der Waals surface area contributed by atoms with Crippen molar-refractivity contribution in [1.82, 2.24) is 0 Å². The van der Waals surface area contributed by atoms with Gasteiger partial charge in [0.25, 0.3) is 20.2 Å². The van der Waals surface area contributed by atoms with Gasteiger partial charge in [-0.05, 0) is 0 Å². The highest BCUT2D eigenvalue weighted by Gasteiger charge is 2.19. The van der Waals surface area contributed by atoms with Crippen LogP contribution in [0, 0.1) is 0 Å². The summed E-state index contributed by atoms with van der Waals surface area (Å²) < 4.78 is 56.0. The van der Waals surface area contributed by atoms with Crippen molar-refractivity contribution in [2.45, 2.75) is 12.1 Å². The van der Waals surface area contributed by atoms with E-state index in [1.54, 1.807) is 0 Å². The molecule has 0 saturated carbocycles. The predicted octanol–water partition coefficient (Wildman–Crippen LogP) is -2.63. The van der Waals surface area contributed by atoms with E-state index in [4.69, 9.17) is 30.8 Å². The normalized spacial score (nSPS) is 13.5. The highest BCUT2D eigenvalue weighted by atomic mass is 32.2. The minimum Gasteiger partial charge on any atom is -0.480 e. The van der Waals surface area contributed by atoms with Gasteiger partial charge in [-0.1, -0.05) is 0 Å². The molecule has 0 heterocycles. The van der Waals surface area contributed by atoms with Gasteiger partial charge in [0.1, 0.15) is 23.6 Å². The Hall–Kier alpha value is -1.58. The van der Waals surface area contributed by atoms with Gasteiger partial charge in [-0.25, -0.2) is 0 Å². The fourth-order valence-electron chi connectivity index (χ4n) is 0.596. The summed E-state index contributed by atoms with van der Waals surface area (Å²) in [4.78, 5) is 19.8. The van der Waals surface area contributed by atoms with Gasteiger partial charge in [0, 0.05) is 0 Å². The first-order valence-electron chi connectivity index (χ1n) is 5.03. The number of carboxylic acid groups (broad SMARTS) is 2. The largest absolute Gasteiger partial charge is 0.480 e. The fourth-order valence-corrected chi connectivity index (χ4v) is 1.79. The summed E-state index contributed by atoms with van der Waals surface area (Å²) in [5.74, 6) is -4.83. The summed E-state index contributed by atoms with van der Waals surface area (Å²) in [6.45, 7) is 6.00. The zero-order valence-corrected chi connectivity index (χ0v) is 12.8. The van der Waals surface area contributed by atoms with Crippen LogP contribution >= 0.6 is 0 Å². The van der Waals surface area contributed by atoms with Crippen LogP contribution in [-0.2, 0) is 29.8 Å². The maximum absolute atomic E-state index is 9.96. The van der Waals surface area contributed by atoms with E-state index >= 15 is 0 Å². The van der Waals surface area contributed by atoms with Crippen molar-refractivity contribution in [1.29, 1.82) is 0 Å². The molecule has 0 aromatic carbocycles. The van der Waals surface area contributed by atoms with Crippen LogP contribution in [0.3, 0.4) is 0 Å². The third-order valence-electron chi connectivity index (χ3n) is 1.41. The first-order valence-corrected chi connectivity index (χ1v) is 8.24. The molecule has 2 atom stereocenters. The van der Waals surface area contributed by atoms with Crippen LogP contribution < -0.4 is 11.5 Å². The van der Waals surface area contributed by atoms with Crippen LogP contribution in [0.5, 0.6) is 0 Å². The number of aliphatic carboxylic acids is 2. The van der Waals surface area contributed by atoms with Crippen LogP contribution in [0.1, 0.15) is 0 Å². The van der Waals surface area contributed by atoms with Gasteiger partial charge in [0.05, 0.1) is 0 Å². The van der Waals surface area contributed by atoms with Crippen LogP contribution in [0.25, 0.3) is 0 Å².